The maximum absolute atomic E-state index is 6.38. The lowest BCUT2D eigenvalue weighted by Crippen LogP contribution is -2.15. The topological polar surface area (TPSA) is 35.2 Å². The average molecular weight is 290 g/mol. The van der Waals surface area contributed by atoms with Crippen LogP contribution in [0.4, 0.5) is 0 Å². The molecule has 0 radical (unpaired) electrons. The van der Waals surface area contributed by atoms with E-state index in [2.05, 4.69) is 25.1 Å². The molecule has 1 unspecified atom stereocenters. The average Bonchev–Trinajstić information content (AvgIpc) is 2.47. The summed E-state index contributed by atoms with van der Waals surface area (Å²) >= 11 is 6.07. The third-order valence-electron chi connectivity index (χ3n) is 3.52. The molecule has 0 heterocycles. The van der Waals surface area contributed by atoms with E-state index >= 15 is 0 Å². The van der Waals surface area contributed by atoms with E-state index in [0.29, 0.717) is 11.4 Å². The Hall–Kier alpha value is -1.51. The Bertz CT molecular complexity index is 583. The number of methoxy groups -OCH3 is 1. The summed E-state index contributed by atoms with van der Waals surface area (Å²) in [6, 6.07) is 13.9. The van der Waals surface area contributed by atoms with E-state index in [4.69, 9.17) is 22.1 Å². The summed E-state index contributed by atoms with van der Waals surface area (Å²) < 4.78 is 5.38. The van der Waals surface area contributed by atoms with Crippen molar-refractivity contribution in [3.63, 3.8) is 0 Å². The lowest BCUT2D eigenvalue weighted by atomic mass is 9.94. The van der Waals surface area contributed by atoms with E-state index in [1.165, 1.54) is 11.1 Å². The van der Waals surface area contributed by atoms with Crippen LogP contribution in [-0.4, -0.2) is 7.11 Å². The van der Waals surface area contributed by atoms with Gasteiger partial charge in [-0.3, -0.25) is 0 Å². The second-order valence-corrected chi connectivity index (χ2v) is 5.26. The van der Waals surface area contributed by atoms with Crippen molar-refractivity contribution >= 4 is 11.6 Å². The number of aryl methyl sites for hydroxylation is 1. The van der Waals surface area contributed by atoms with Crippen molar-refractivity contribution < 1.29 is 4.74 Å². The maximum Gasteiger partial charge on any atom is 0.122 e. The lowest BCUT2D eigenvalue weighted by Gasteiger charge is -2.17. The van der Waals surface area contributed by atoms with Crippen molar-refractivity contribution in [2.45, 2.75) is 25.8 Å². The van der Waals surface area contributed by atoms with Gasteiger partial charge >= 0.3 is 0 Å². The van der Waals surface area contributed by atoms with Gasteiger partial charge < -0.3 is 10.5 Å². The van der Waals surface area contributed by atoms with Gasteiger partial charge in [0.1, 0.15) is 5.75 Å². The molecule has 0 aliphatic heterocycles. The summed E-state index contributed by atoms with van der Waals surface area (Å²) in [6.45, 7) is 2.14. The van der Waals surface area contributed by atoms with Crippen molar-refractivity contribution in [2.24, 2.45) is 5.73 Å². The first-order chi connectivity index (χ1) is 9.65. The van der Waals surface area contributed by atoms with Crippen LogP contribution in [0.3, 0.4) is 0 Å². The number of nitrogens with two attached hydrogens (primary N) is 1. The fraction of sp³-hybridized carbons (Fsp3) is 0.294. The lowest BCUT2D eigenvalue weighted by molar-refractivity contribution is 0.408. The minimum atomic E-state index is -0.0569. The van der Waals surface area contributed by atoms with Crippen LogP contribution in [0.25, 0.3) is 0 Å². The van der Waals surface area contributed by atoms with Gasteiger partial charge in [-0.1, -0.05) is 42.8 Å². The summed E-state index contributed by atoms with van der Waals surface area (Å²) in [7, 11) is 1.66. The molecule has 0 aromatic heterocycles. The first-order valence-electron chi connectivity index (χ1n) is 6.81. The number of hydrogen-bond acceptors (Lipinski definition) is 2. The van der Waals surface area contributed by atoms with Gasteiger partial charge in [-0.15, -0.1) is 0 Å². The molecule has 2 aromatic rings. The molecule has 0 spiro atoms. The minimum absolute atomic E-state index is 0.0569. The van der Waals surface area contributed by atoms with Crippen LogP contribution < -0.4 is 10.5 Å². The number of hydrogen-bond donors (Lipinski definition) is 1. The first kappa shape index (κ1) is 14.9. The second-order valence-electron chi connectivity index (χ2n) is 4.82. The predicted molar refractivity (Wildman–Crippen MR) is 84.5 cm³/mol. The summed E-state index contributed by atoms with van der Waals surface area (Å²) in [6.07, 6.45) is 1.69. The highest BCUT2D eigenvalue weighted by Gasteiger charge is 2.13. The van der Waals surface area contributed by atoms with Gasteiger partial charge in [-0.2, -0.15) is 0 Å². The van der Waals surface area contributed by atoms with Crippen LogP contribution in [0.15, 0.2) is 42.5 Å². The Balaban J connectivity index is 2.27. The number of halogens is 1. The quantitative estimate of drug-likeness (QED) is 0.897. The van der Waals surface area contributed by atoms with Crippen LogP contribution in [0, 0.1) is 0 Å². The molecule has 0 amide bonds. The van der Waals surface area contributed by atoms with Crippen molar-refractivity contribution in [2.75, 3.05) is 7.11 Å². The molecule has 106 valence electrons. The predicted octanol–water partition coefficient (Wildman–Crippen LogP) is 4.15. The van der Waals surface area contributed by atoms with E-state index in [9.17, 15) is 0 Å². The SMILES string of the molecule is CCc1ccccc1C(N)Cc1cc(Cl)ccc1OC. The Morgan fingerprint density at radius 3 is 2.60 bits per heavy atom. The summed E-state index contributed by atoms with van der Waals surface area (Å²) in [5.74, 6) is 0.832. The van der Waals surface area contributed by atoms with Gasteiger partial charge in [0.15, 0.2) is 0 Å². The van der Waals surface area contributed by atoms with E-state index in [1.54, 1.807) is 7.11 Å². The van der Waals surface area contributed by atoms with Crippen LogP contribution >= 0.6 is 11.6 Å². The van der Waals surface area contributed by atoms with Crippen molar-refractivity contribution in [3.8, 4) is 5.75 Å². The third-order valence-corrected chi connectivity index (χ3v) is 3.75. The monoisotopic (exact) mass is 289 g/mol. The Morgan fingerprint density at radius 1 is 1.15 bits per heavy atom. The maximum atomic E-state index is 6.38. The third kappa shape index (κ3) is 3.33. The van der Waals surface area contributed by atoms with Crippen molar-refractivity contribution in [1.29, 1.82) is 0 Å². The molecule has 0 bridgehead atoms. The normalized spacial score (nSPS) is 12.2. The molecule has 2 N–H and O–H groups in total. The second kappa shape index (κ2) is 6.78. The van der Waals surface area contributed by atoms with Gasteiger partial charge in [-0.25, -0.2) is 0 Å². The summed E-state index contributed by atoms with van der Waals surface area (Å²) in [4.78, 5) is 0. The van der Waals surface area contributed by atoms with E-state index < -0.39 is 0 Å². The van der Waals surface area contributed by atoms with Gasteiger partial charge in [0, 0.05) is 11.1 Å². The molecule has 2 nitrogen and oxygen atoms in total. The molecule has 0 saturated heterocycles. The first-order valence-corrected chi connectivity index (χ1v) is 7.19. The van der Waals surface area contributed by atoms with E-state index in [0.717, 1.165) is 17.7 Å². The molecule has 0 aliphatic carbocycles. The number of rotatable bonds is 5. The number of benzene rings is 2. The van der Waals surface area contributed by atoms with Crippen LogP contribution in [-0.2, 0) is 12.8 Å². The van der Waals surface area contributed by atoms with Crippen LogP contribution in [0.5, 0.6) is 5.75 Å². The van der Waals surface area contributed by atoms with E-state index in [1.807, 2.05) is 24.3 Å². The van der Waals surface area contributed by atoms with Crippen LogP contribution in [0.2, 0.25) is 5.02 Å². The van der Waals surface area contributed by atoms with Gasteiger partial charge in [0.2, 0.25) is 0 Å². The molecule has 20 heavy (non-hydrogen) atoms. The Labute approximate surface area is 125 Å². The molecule has 2 aromatic carbocycles. The molecule has 0 fully saturated rings. The molecule has 3 heteroatoms. The highest BCUT2D eigenvalue weighted by Crippen LogP contribution is 2.28. The Morgan fingerprint density at radius 2 is 1.90 bits per heavy atom. The zero-order valence-corrected chi connectivity index (χ0v) is 12.7. The summed E-state index contributed by atoms with van der Waals surface area (Å²) in [5, 5.41) is 0.705. The zero-order valence-electron chi connectivity index (χ0n) is 11.9. The smallest absolute Gasteiger partial charge is 0.122 e. The fourth-order valence-corrected chi connectivity index (χ4v) is 2.67. The fourth-order valence-electron chi connectivity index (χ4n) is 2.47. The molecular weight excluding hydrogens is 270 g/mol. The van der Waals surface area contributed by atoms with Gasteiger partial charge in [0.05, 0.1) is 7.11 Å². The minimum Gasteiger partial charge on any atom is -0.496 e. The van der Waals surface area contributed by atoms with Crippen molar-refractivity contribution in [3.05, 3.63) is 64.2 Å². The molecular formula is C17H20ClNO. The van der Waals surface area contributed by atoms with Crippen molar-refractivity contribution in [1.82, 2.24) is 0 Å². The standard InChI is InChI=1S/C17H20ClNO/c1-3-12-6-4-5-7-15(12)16(19)11-13-10-14(18)8-9-17(13)20-2/h4-10,16H,3,11,19H2,1-2H3. The zero-order chi connectivity index (χ0) is 14.5. The Kier molecular flexibility index (Phi) is 5.05. The highest BCUT2D eigenvalue weighted by molar-refractivity contribution is 6.30. The van der Waals surface area contributed by atoms with Gasteiger partial charge in [0.25, 0.3) is 0 Å². The molecule has 2 rings (SSSR count). The van der Waals surface area contributed by atoms with E-state index in [-0.39, 0.29) is 6.04 Å². The molecule has 0 saturated carbocycles. The largest absolute Gasteiger partial charge is 0.496 e. The summed E-state index contributed by atoms with van der Waals surface area (Å²) in [5.41, 5.74) is 9.90. The number of ether oxygens (including phenoxy) is 1. The van der Waals surface area contributed by atoms with Gasteiger partial charge in [-0.05, 0) is 47.7 Å². The molecule has 0 aliphatic rings. The molecule has 1 atom stereocenters. The highest BCUT2D eigenvalue weighted by atomic mass is 35.5. The van der Waals surface area contributed by atoms with Crippen LogP contribution in [0.1, 0.15) is 29.7 Å².